The summed E-state index contributed by atoms with van der Waals surface area (Å²) in [5, 5.41) is 6.12. The molecule has 0 saturated heterocycles. The van der Waals surface area contributed by atoms with Gasteiger partial charge in [-0.25, -0.2) is 5.01 Å². The minimum atomic E-state index is 0.00519. The Labute approximate surface area is 92.5 Å². The van der Waals surface area contributed by atoms with Crippen LogP contribution in [0.15, 0.2) is 5.10 Å². The van der Waals surface area contributed by atoms with Gasteiger partial charge in [-0.1, -0.05) is 27.7 Å². The molecule has 1 heterocycles. The van der Waals surface area contributed by atoms with Crippen LogP contribution >= 0.6 is 0 Å². The monoisotopic (exact) mass is 210 g/mol. The van der Waals surface area contributed by atoms with Crippen molar-refractivity contribution in [3.8, 4) is 0 Å². The van der Waals surface area contributed by atoms with Crippen molar-refractivity contribution in [2.45, 2.75) is 53.5 Å². The van der Waals surface area contributed by atoms with E-state index in [1.165, 1.54) is 0 Å². The van der Waals surface area contributed by atoms with Gasteiger partial charge in [0.05, 0.1) is 12.0 Å². The molecule has 0 aliphatic carbocycles. The molecule has 1 atom stereocenters. The number of rotatable bonds is 4. The lowest BCUT2D eigenvalue weighted by molar-refractivity contribution is -0.135. The molecular weight excluding hydrogens is 188 g/mol. The number of hydrazone groups is 1. The summed E-state index contributed by atoms with van der Waals surface area (Å²) < 4.78 is 0. The molecule has 0 aromatic rings. The second-order valence-corrected chi connectivity index (χ2v) is 4.62. The van der Waals surface area contributed by atoms with Crippen molar-refractivity contribution in [1.29, 1.82) is 0 Å². The van der Waals surface area contributed by atoms with Crippen molar-refractivity contribution in [2.75, 3.05) is 0 Å². The standard InChI is InChI=1S/C12H22N2O/c1-6-10(7-2)14-12(15)11(8(3)4)9(5)13-14/h8,10-11H,6-7H2,1-5H3. The second kappa shape index (κ2) is 4.77. The molecule has 3 nitrogen and oxygen atoms in total. The number of hydrogen-bond donors (Lipinski definition) is 0. The number of carbonyl (C=O) groups is 1. The molecular formula is C12H22N2O. The van der Waals surface area contributed by atoms with E-state index in [2.05, 4.69) is 32.8 Å². The normalized spacial score (nSPS) is 21.8. The Bertz CT molecular complexity index is 267. The first-order valence-electron chi connectivity index (χ1n) is 5.91. The van der Waals surface area contributed by atoms with Crippen molar-refractivity contribution in [3.63, 3.8) is 0 Å². The van der Waals surface area contributed by atoms with Gasteiger partial charge in [0.2, 0.25) is 0 Å². The first-order chi connectivity index (χ1) is 7.02. The largest absolute Gasteiger partial charge is 0.272 e. The molecule has 0 saturated carbocycles. The van der Waals surface area contributed by atoms with Crippen LogP contribution in [0.25, 0.3) is 0 Å². The molecule has 0 aromatic carbocycles. The summed E-state index contributed by atoms with van der Waals surface area (Å²) in [6.45, 7) is 10.3. The fraction of sp³-hybridized carbons (Fsp3) is 0.833. The van der Waals surface area contributed by atoms with Crippen LogP contribution < -0.4 is 0 Å². The highest BCUT2D eigenvalue weighted by molar-refractivity contribution is 6.07. The Balaban J connectivity index is 2.85. The zero-order chi connectivity index (χ0) is 11.6. The highest BCUT2D eigenvalue weighted by Gasteiger charge is 2.37. The van der Waals surface area contributed by atoms with Crippen molar-refractivity contribution in [1.82, 2.24) is 5.01 Å². The van der Waals surface area contributed by atoms with Crippen LogP contribution in [0.4, 0.5) is 0 Å². The predicted octanol–water partition coefficient (Wildman–Crippen LogP) is 2.67. The molecule has 1 aliphatic heterocycles. The molecule has 0 fully saturated rings. The Kier molecular flexibility index (Phi) is 3.89. The molecule has 0 aromatic heterocycles. The van der Waals surface area contributed by atoms with E-state index in [0.29, 0.717) is 5.92 Å². The summed E-state index contributed by atoms with van der Waals surface area (Å²) in [6, 6.07) is 0.274. The molecule has 15 heavy (non-hydrogen) atoms. The lowest BCUT2D eigenvalue weighted by atomic mass is 9.91. The summed E-state index contributed by atoms with van der Waals surface area (Å²) >= 11 is 0. The first-order valence-corrected chi connectivity index (χ1v) is 5.91. The van der Waals surface area contributed by atoms with Gasteiger partial charge in [0.1, 0.15) is 0 Å². The van der Waals surface area contributed by atoms with Gasteiger partial charge in [-0.15, -0.1) is 0 Å². The van der Waals surface area contributed by atoms with E-state index in [4.69, 9.17) is 0 Å². The van der Waals surface area contributed by atoms with Crippen LogP contribution in [-0.2, 0) is 4.79 Å². The Morgan fingerprint density at radius 2 is 1.87 bits per heavy atom. The Hall–Kier alpha value is -0.860. The predicted molar refractivity (Wildman–Crippen MR) is 62.7 cm³/mol. The maximum atomic E-state index is 12.1. The fourth-order valence-electron chi connectivity index (χ4n) is 2.27. The van der Waals surface area contributed by atoms with E-state index in [1.807, 2.05) is 6.92 Å². The van der Waals surface area contributed by atoms with Gasteiger partial charge in [0, 0.05) is 5.71 Å². The Morgan fingerprint density at radius 1 is 1.33 bits per heavy atom. The highest BCUT2D eigenvalue weighted by atomic mass is 16.2. The van der Waals surface area contributed by atoms with Gasteiger partial charge < -0.3 is 0 Å². The number of hydrogen-bond acceptors (Lipinski definition) is 2. The SMILES string of the molecule is CCC(CC)N1N=C(C)C(C(C)C)C1=O. The van der Waals surface area contributed by atoms with Gasteiger partial charge in [0.15, 0.2) is 0 Å². The van der Waals surface area contributed by atoms with E-state index < -0.39 is 0 Å². The molecule has 1 rings (SSSR count). The molecule has 0 N–H and O–H groups in total. The molecule has 0 spiro atoms. The van der Waals surface area contributed by atoms with Crippen molar-refractivity contribution >= 4 is 11.6 Å². The third-order valence-electron chi connectivity index (χ3n) is 3.16. The van der Waals surface area contributed by atoms with Gasteiger partial charge in [-0.05, 0) is 25.7 Å². The van der Waals surface area contributed by atoms with E-state index in [-0.39, 0.29) is 17.9 Å². The average molecular weight is 210 g/mol. The number of carbonyl (C=O) groups excluding carboxylic acids is 1. The molecule has 86 valence electrons. The maximum Gasteiger partial charge on any atom is 0.252 e. The number of amides is 1. The minimum Gasteiger partial charge on any atom is -0.272 e. The van der Waals surface area contributed by atoms with E-state index in [9.17, 15) is 4.79 Å². The summed E-state index contributed by atoms with van der Waals surface area (Å²) in [4.78, 5) is 12.1. The summed E-state index contributed by atoms with van der Waals surface area (Å²) in [5.41, 5.74) is 0.974. The van der Waals surface area contributed by atoms with Crippen LogP contribution in [0.3, 0.4) is 0 Å². The summed E-state index contributed by atoms with van der Waals surface area (Å²) in [7, 11) is 0. The van der Waals surface area contributed by atoms with Gasteiger partial charge in [-0.3, -0.25) is 4.79 Å². The summed E-state index contributed by atoms with van der Waals surface area (Å²) in [5.74, 6) is 0.544. The van der Waals surface area contributed by atoms with Crippen molar-refractivity contribution < 1.29 is 4.79 Å². The van der Waals surface area contributed by atoms with E-state index in [1.54, 1.807) is 5.01 Å². The van der Waals surface area contributed by atoms with Crippen LogP contribution in [0.5, 0.6) is 0 Å². The number of nitrogens with zero attached hydrogens (tertiary/aromatic N) is 2. The summed E-state index contributed by atoms with van der Waals surface area (Å²) in [6.07, 6.45) is 1.95. The third-order valence-corrected chi connectivity index (χ3v) is 3.16. The van der Waals surface area contributed by atoms with Crippen LogP contribution in [0.1, 0.15) is 47.5 Å². The second-order valence-electron chi connectivity index (χ2n) is 4.62. The Morgan fingerprint density at radius 3 is 2.20 bits per heavy atom. The van der Waals surface area contributed by atoms with Crippen LogP contribution in [0, 0.1) is 11.8 Å². The molecule has 1 amide bonds. The molecule has 3 heteroatoms. The highest BCUT2D eigenvalue weighted by Crippen LogP contribution is 2.26. The first kappa shape index (κ1) is 12.2. The van der Waals surface area contributed by atoms with Crippen LogP contribution in [0.2, 0.25) is 0 Å². The van der Waals surface area contributed by atoms with E-state index >= 15 is 0 Å². The lowest BCUT2D eigenvalue weighted by Gasteiger charge is -2.23. The van der Waals surface area contributed by atoms with E-state index in [0.717, 1.165) is 18.6 Å². The smallest absolute Gasteiger partial charge is 0.252 e. The molecule has 1 unspecified atom stereocenters. The van der Waals surface area contributed by atoms with Gasteiger partial charge >= 0.3 is 0 Å². The van der Waals surface area contributed by atoms with Crippen LogP contribution in [-0.4, -0.2) is 22.7 Å². The van der Waals surface area contributed by atoms with Gasteiger partial charge in [-0.2, -0.15) is 5.10 Å². The van der Waals surface area contributed by atoms with Crippen molar-refractivity contribution in [2.24, 2.45) is 16.9 Å². The molecule has 1 aliphatic rings. The third kappa shape index (κ3) is 2.21. The molecule has 0 radical (unpaired) electrons. The minimum absolute atomic E-state index is 0.00519. The van der Waals surface area contributed by atoms with Crippen molar-refractivity contribution in [3.05, 3.63) is 0 Å². The fourth-order valence-corrected chi connectivity index (χ4v) is 2.27. The average Bonchev–Trinajstić information content (AvgIpc) is 2.44. The molecule has 0 bridgehead atoms. The quantitative estimate of drug-likeness (QED) is 0.702. The lowest BCUT2D eigenvalue weighted by Crippen LogP contribution is -2.36. The maximum absolute atomic E-state index is 12.1. The zero-order valence-corrected chi connectivity index (χ0v) is 10.4. The van der Waals surface area contributed by atoms with Gasteiger partial charge in [0.25, 0.3) is 5.91 Å². The zero-order valence-electron chi connectivity index (χ0n) is 10.4. The topological polar surface area (TPSA) is 32.7 Å².